The van der Waals surface area contributed by atoms with Gasteiger partial charge in [0, 0.05) is 22.8 Å². The van der Waals surface area contributed by atoms with Crippen molar-refractivity contribution >= 4 is 29.2 Å². The van der Waals surface area contributed by atoms with Gasteiger partial charge >= 0.3 is 0 Å². The third kappa shape index (κ3) is 3.28. The van der Waals surface area contributed by atoms with Gasteiger partial charge in [0.25, 0.3) is 0 Å². The Morgan fingerprint density at radius 2 is 2.10 bits per heavy atom. The Morgan fingerprint density at radius 1 is 1.35 bits per heavy atom. The zero-order valence-electron chi connectivity index (χ0n) is 12.0. The third-order valence-corrected chi connectivity index (χ3v) is 3.78. The van der Waals surface area contributed by atoms with Gasteiger partial charge in [0.15, 0.2) is 0 Å². The Kier molecular flexibility index (Phi) is 4.95. The average Bonchev–Trinajstić information content (AvgIpc) is 2.77. The van der Waals surface area contributed by atoms with Crippen molar-refractivity contribution in [3.8, 4) is 0 Å². The molecule has 0 bridgehead atoms. The van der Waals surface area contributed by atoms with Gasteiger partial charge in [-0.2, -0.15) is 0 Å². The lowest BCUT2D eigenvalue weighted by molar-refractivity contribution is 0.642. The van der Waals surface area contributed by atoms with E-state index in [-0.39, 0.29) is 6.04 Å². The van der Waals surface area contributed by atoms with Crippen LogP contribution in [0.25, 0.3) is 0 Å². The second-order valence-electron chi connectivity index (χ2n) is 4.88. The molecular weight excluding hydrogens is 293 g/mol. The van der Waals surface area contributed by atoms with Crippen LogP contribution in [-0.2, 0) is 0 Å². The molecule has 2 aromatic rings. The van der Waals surface area contributed by atoms with Crippen molar-refractivity contribution in [2.45, 2.75) is 33.2 Å². The third-order valence-electron chi connectivity index (χ3n) is 3.22. The fraction of sp³-hybridized carbons (Fsp3) is 0.400. The smallest absolute Gasteiger partial charge is 0.203 e. The number of nitrogens with zero attached hydrogens (tertiary/aromatic N) is 2. The number of aryl methyl sites for hydroxylation is 1. The molecule has 5 heteroatoms. The average molecular weight is 312 g/mol. The molecule has 0 radical (unpaired) electrons. The Hall–Kier alpha value is -1.19. The van der Waals surface area contributed by atoms with Crippen LogP contribution in [-0.4, -0.2) is 16.1 Å². The number of hydrogen-bond acceptors (Lipinski definition) is 2. The highest BCUT2D eigenvalue weighted by molar-refractivity contribution is 6.35. The molecule has 1 aromatic heterocycles. The summed E-state index contributed by atoms with van der Waals surface area (Å²) < 4.78 is 2.11. The van der Waals surface area contributed by atoms with E-state index in [1.54, 1.807) is 6.07 Å². The largest absolute Gasteiger partial charge is 0.356 e. The van der Waals surface area contributed by atoms with Crippen LogP contribution in [0.15, 0.2) is 24.4 Å². The summed E-state index contributed by atoms with van der Waals surface area (Å²) in [4.78, 5) is 4.52. The standard InChI is InChI=1S/C15H19Cl2N3/c1-4-7-18-15-19-10(2)9-20(15)11(3)13-6-5-12(16)8-14(13)17/h5-6,8-9,11H,4,7H2,1-3H3,(H,18,19). The molecule has 0 fully saturated rings. The molecule has 1 aromatic carbocycles. The summed E-state index contributed by atoms with van der Waals surface area (Å²) in [6.07, 6.45) is 3.09. The van der Waals surface area contributed by atoms with E-state index in [9.17, 15) is 0 Å². The predicted molar refractivity (Wildman–Crippen MR) is 86.0 cm³/mol. The van der Waals surface area contributed by atoms with E-state index in [1.807, 2.05) is 25.3 Å². The Labute approximate surface area is 129 Å². The highest BCUT2D eigenvalue weighted by Gasteiger charge is 2.16. The van der Waals surface area contributed by atoms with Gasteiger partial charge in [-0.3, -0.25) is 0 Å². The molecule has 0 aliphatic carbocycles. The molecule has 1 N–H and O–H groups in total. The monoisotopic (exact) mass is 311 g/mol. The number of anilines is 1. The Bertz CT molecular complexity index is 593. The van der Waals surface area contributed by atoms with Crippen molar-refractivity contribution in [1.29, 1.82) is 0 Å². The van der Waals surface area contributed by atoms with E-state index in [0.717, 1.165) is 30.2 Å². The van der Waals surface area contributed by atoms with Crippen LogP contribution in [0, 0.1) is 6.92 Å². The summed E-state index contributed by atoms with van der Waals surface area (Å²) in [5, 5.41) is 4.68. The molecule has 108 valence electrons. The summed E-state index contributed by atoms with van der Waals surface area (Å²) in [6.45, 7) is 7.13. The quantitative estimate of drug-likeness (QED) is 0.848. The molecule has 3 nitrogen and oxygen atoms in total. The van der Waals surface area contributed by atoms with E-state index in [1.165, 1.54) is 0 Å². The lowest BCUT2D eigenvalue weighted by atomic mass is 10.1. The number of benzene rings is 1. The maximum atomic E-state index is 6.30. The van der Waals surface area contributed by atoms with Crippen molar-refractivity contribution < 1.29 is 0 Å². The fourth-order valence-corrected chi connectivity index (χ4v) is 2.74. The minimum Gasteiger partial charge on any atom is -0.356 e. The summed E-state index contributed by atoms with van der Waals surface area (Å²) in [5.74, 6) is 0.878. The molecule has 0 saturated heterocycles. The van der Waals surface area contributed by atoms with Crippen molar-refractivity contribution in [3.63, 3.8) is 0 Å². The Morgan fingerprint density at radius 3 is 2.75 bits per heavy atom. The van der Waals surface area contributed by atoms with Gasteiger partial charge in [-0.25, -0.2) is 4.98 Å². The zero-order chi connectivity index (χ0) is 14.7. The topological polar surface area (TPSA) is 29.9 Å². The van der Waals surface area contributed by atoms with Gasteiger partial charge in [-0.15, -0.1) is 0 Å². The summed E-state index contributed by atoms with van der Waals surface area (Å²) in [5.41, 5.74) is 2.02. The lowest BCUT2D eigenvalue weighted by Crippen LogP contribution is -2.12. The van der Waals surface area contributed by atoms with Crippen molar-refractivity contribution in [1.82, 2.24) is 9.55 Å². The van der Waals surface area contributed by atoms with Gasteiger partial charge in [0.1, 0.15) is 0 Å². The molecule has 2 rings (SSSR count). The van der Waals surface area contributed by atoms with Crippen LogP contribution >= 0.6 is 23.2 Å². The summed E-state index contributed by atoms with van der Waals surface area (Å²) >= 11 is 12.3. The molecule has 0 aliphatic heterocycles. The highest BCUT2D eigenvalue weighted by atomic mass is 35.5. The van der Waals surface area contributed by atoms with Gasteiger partial charge in [-0.05, 0) is 38.0 Å². The molecule has 1 unspecified atom stereocenters. The van der Waals surface area contributed by atoms with Crippen LogP contribution in [0.2, 0.25) is 10.0 Å². The maximum absolute atomic E-state index is 6.30. The molecule has 20 heavy (non-hydrogen) atoms. The second kappa shape index (κ2) is 6.51. The van der Waals surface area contributed by atoms with Crippen LogP contribution < -0.4 is 5.32 Å². The van der Waals surface area contributed by atoms with E-state index in [0.29, 0.717) is 10.0 Å². The summed E-state index contributed by atoms with van der Waals surface area (Å²) in [6, 6.07) is 5.70. The van der Waals surface area contributed by atoms with E-state index < -0.39 is 0 Å². The van der Waals surface area contributed by atoms with E-state index in [4.69, 9.17) is 23.2 Å². The molecule has 1 atom stereocenters. The predicted octanol–water partition coefficient (Wildman–Crippen LogP) is 4.93. The molecule has 0 aliphatic rings. The molecule has 0 amide bonds. The normalized spacial score (nSPS) is 12.4. The second-order valence-corrected chi connectivity index (χ2v) is 5.73. The number of rotatable bonds is 5. The first-order chi connectivity index (χ1) is 9.52. The minimum atomic E-state index is 0.0975. The number of imidazole rings is 1. The Balaban J connectivity index is 2.34. The summed E-state index contributed by atoms with van der Waals surface area (Å²) in [7, 11) is 0. The maximum Gasteiger partial charge on any atom is 0.203 e. The first kappa shape index (κ1) is 15.2. The van der Waals surface area contributed by atoms with Crippen LogP contribution in [0.4, 0.5) is 5.95 Å². The van der Waals surface area contributed by atoms with Crippen molar-refractivity contribution in [3.05, 3.63) is 45.7 Å². The molecular formula is C15H19Cl2N3. The minimum absolute atomic E-state index is 0.0975. The van der Waals surface area contributed by atoms with Gasteiger partial charge in [0.2, 0.25) is 5.95 Å². The molecule has 0 saturated carbocycles. The van der Waals surface area contributed by atoms with Crippen LogP contribution in [0.5, 0.6) is 0 Å². The first-order valence-corrected chi connectivity index (χ1v) is 7.52. The SMILES string of the molecule is CCCNc1nc(C)cn1C(C)c1ccc(Cl)cc1Cl. The lowest BCUT2D eigenvalue weighted by Gasteiger charge is -2.18. The highest BCUT2D eigenvalue weighted by Crippen LogP contribution is 2.30. The number of halogens is 2. The van der Waals surface area contributed by atoms with Crippen molar-refractivity contribution in [2.24, 2.45) is 0 Å². The van der Waals surface area contributed by atoms with E-state index >= 15 is 0 Å². The number of hydrogen-bond donors (Lipinski definition) is 1. The van der Waals surface area contributed by atoms with Crippen molar-refractivity contribution in [2.75, 3.05) is 11.9 Å². The van der Waals surface area contributed by atoms with Gasteiger partial charge < -0.3 is 9.88 Å². The number of aromatic nitrogens is 2. The molecule has 0 spiro atoms. The van der Waals surface area contributed by atoms with Crippen LogP contribution in [0.1, 0.15) is 37.6 Å². The number of nitrogens with one attached hydrogen (secondary N) is 1. The molecule has 1 heterocycles. The van der Waals surface area contributed by atoms with E-state index in [2.05, 4.69) is 28.7 Å². The first-order valence-electron chi connectivity index (χ1n) is 6.77. The van der Waals surface area contributed by atoms with Gasteiger partial charge in [0.05, 0.1) is 11.7 Å². The van der Waals surface area contributed by atoms with Crippen LogP contribution in [0.3, 0.4) is 0 Å². The van der Waals surface area contributed by atoms with Gasteiger partial charge in [-0.1, -0.05) is 36.2 Å². The zero-order valence-corrected chi connectivity index (χ0v) is 13.5. The fourth-order valence-electron chi connectivity index (χ4n) is 2.17.